The fourth-order valence-corrected chi connectivity index (χ4v) is 4.86. The lowest BCUT2D eigenvalue weighted by atomic mass is 10.0. The summed E-state index contributed by atoms with van der Waals surface area (Å²) >= 11 is 1.65. The summed E-state index contributed by atoms with van der Waals surface area (Å²) < 4.78 is 8.59. The Kier molecular flexibility index (Phi) is 5.96. The van der Waals surface area contributed by atoms with Crippen molar-refractivity contribution in [3.05, 3.63) is 65.1 Å². The van der Waals surface area contributed by atoms with Gasteiger partial charge in [-0.1, -0.05) is 6.07 Å². The Balaban J connectivity index is 1.34. The number of hydrogen-bond acceptors (Lipinski definition) is 6. The molecule has 7 nitrogen and oxygen atoms in total. The van der Waals surface area contributed by atoms with Crippen molar-refractivity contribution in [3.8, 4) is 11.3 Å². The summed E-state index contributed by atoms with van der Waals surface area (Å²) in [7, 11) is 1.89. The minimum Gasteiger partial charge on any atom is -0.376 e. The first-order chi connectivity index (χ1) is 15.7. The number of thiophene rings is 1. The molecule has 0 radical (unpaired) electrons. The number of carbonyl (C=O) groups excluding carboxylic acids is 1. The molecule has 0 aliphatic carbocycles. The zero-order valence-corrected chi connectivity index (χ0v) is 18.8. The van der Waals surface area contributed by atoms with Crippen LogP contribution in [0.25, 0.3) is 21.5 Å². The number of fused-ring (bicyclic) bond motifs is 1. The number of ether oxygens (including phenoxy) is 1. The molecular weight excluding hydrogens is 422 g/mol. The topological polar surface area (TPSA) is 81.9 Å². The second-order valence-corrected chi connectivity index (χ2v) is 9.05. The molecule has 1 aliphatic rings. The SMILES string of the molecule is Cn1cc(-c2ccc(Cc3cc(C(=O)NCC4CCCCO4)nc4ccsc34)cn2)cn1. The highest BCUT2D eigenvalue weighted by Crippen LogP contribution is 2.27. The maximum Gasteiger partial charge on any atom is 0.270 e. The second-order valence-electron chi connectivity index (χ2n) is 8.13. The van der Waals surface area contributed by atoms with Crippen LogP contribution in [0.4, 0.5) is 0 Å². The molecule has 1 saturated heterocycles. The van der Waals surface area contributed by atoms with E-state index in [9.17, 15) is 4.79 Å². The van der Waals surface area contributed by atoms with Crippen LogP contribution >= 0.6 is 11.3 Å². The summed E-state index contributed by atoms with van der Waals surface area (Å²) in [6.45, 7) is 1.30. The number of hydrogen-bond donors (Lipinski definition) is 1. The summed E-state index contributed by atoms with van der Waals surface area (Å²) in [5.74, 6) is -0.154. The van der Waals surface area contributed by atoms with Crippen LogP contribution in [0.1, 0.15) is 40.9 Å². The molecule has 0 bridgehead atoms. The van der Waals surface area contributed by atoms with E-state index in [4.69, 9.17) is 4.74 Å². The standard InChI is InChI=1S/C24H25N5O2S/c1-29-15-18(13-27-29)20-6-5-16(12-25-20)10-17-11-22(28-21-7-9-32-23(17)21)24(30)26-14-19-4-2-3-8-31-19/h5-7,9,11-13,15,19H,2-4,8,10,14H2,1H3,(H,26,30). The fraction of sp³-hybridized carbons (Fsp3) is 0.333. The fourth-order valence-electron chi connectivity index (χ4n) is 4.01. The van der Waals surface area contributed by atoms with Gasteiger partial charge in [-0.05, 0) is 54.0 Å². The molecule has 32 heavy (non-hydrogen) atoms. The van der Waals surface area contributed by atoms with Gasteiger partial charge in [0, 0.05) is 44.6 Å². The van der Waals surface area contributed by atoms with Crippen LogP contribution in [-0.4, -0.2) is 44.9 Å². The molecule has 1 amide bonds. The summed E-state index contributed by atoms with van der Waals surface area (Å²) in [5.41, 5.74) is 5.35. The lowest BCUT2D eigenvalue weighted by molar-refractivity contribution is 0.0168. The molecule has 1 atom stereocenters. The van der Waals surface area contributed by atoms with Gasteiger partial charge in [0.15, 0.2) is 0 Å². The predicted octanol–water partition coefficient (Wildman–Crippen LogP) is 3.98. The first kappa shape index (κ1) is 20.8. The van der Waals surface area contributed by atoms with E-state index in [1.54, 1.807) is 16.0 Å². The summed E-state index contributed by atoms with van der Waals surface area (Å²) in [5, 5.41) is 9.23. The zero-order chi connectivity index (χ0) is 21.9. The monoisotopic (exact) mass is 447 g/mol. The van der Waals surface area contributed by atoms with E-state index in [-0.39, 0.29) is 12.0 Å². The van der Waals surface area contributed by atoms with Crippen molar-refractivity contribution < 1.29 is 9.53 Å². The molecule has 1 N–H and O–H groups in total. The molecule has 0 aromatic carbocycles. The van der Waals surface area contributed by atoms with E-state index < -0.39 is 0 Å². The quantitative estimate of drug-likeness (QED) is 0.483. The molecule has 1 unspecified atom stereocenters. The van der Waals surface area contributed by atoms with Crippen molar-refractivity contribution in [1.82, 2.24) is 25.1 Å². The molecule has 0 saturated carbocycles. The molecular formula is C24H25N5O2S. The van der Waals surface area contributed by atoms with Gasteiger partial charge in [-0.3, -0.25) is 14.5 Å². The van der Waals surface area contributed by atoms with Crippen LogP contribution in [0, 0.1) is 0 Å². The highest BCUT2D eigenvalue weighted by Gasteiger charge is 2.18. The number of rotatable bonds is 6. The molecule has 164 valence electrons. The molecule has 1 fully saturated rings. The Morgan fingerprint density at radius 2 is 2.22 bits per heavy atom. The van der Waals surface area contributed by atoms with Gasteiger partial charge in [-0.2, -0.15) is 5.10 Å². The average Bonchev–Trinajstić information content (AvgIpc) is 3.48. The lowest BCUT2D eigenvalue weighted by Gasteiger charge is -2.22. The Bertz CT molecular complexity index is 1220. The van der Waals surface area contributed by atoms with Crippen LogP contribution in [0.2, 0.25) is 0 Å². The first-order valence-electron chi connectivity index (χ1n) is 10.9. The van der Waals surface area contributed by atoms with Crippen LogP contribution in [0.5, 0.6) is 0 Å². The van der Waals surface area contributed by atoms with Crippen LogP contribution in [0.3, 0.4) is 0 Å². The van der Waals surface area contributed by atoms with Crippen molar-refractivity contribution in [2.75, 3.05) is 13.2 Å². The maximum atomic E-state index is 12.8. The summed E-state index contributed by atoms with van der Waals surface area (Å²) in [4.78, 5) is 22.0. The van der Waals surface area contributed by atoms with E-state index in [0.717, 1.165) is 58.5 Å². The molecule has 5 rings (SSSR count). The Morgan fingerprint density at radius 3 is 2.97 bits per heavy atom. The van der Waals surface area contributed by atoms with Crippen LogP contribution in [0.15, 0.2) is 48.2 Å². The minimum atomic E-state index is -0.154. The predicted molar refractivity (Wildman–Crippen MR) is 125 cm³/mol. The van der Waals surface area contributed by atoms with E-state index in [1.807, 2.05) is 49.2 Å². The van der Waals surface area contributed by atoms with Crippen molar-refractivity contribution in [3.63, 3.8) is 0 Å². The number of nitrogens with one attached hydrogen (secondary N) is 1. The van der Waals surface area contributed by atoms with Gasteiger partial charge in [0.25, 0.3) is 5.91 Å². The molecule has 4 aromatic heterocycles. The number of aromatic nitrogens is 4. The molecule has 1 aliphatic heterocycles. The number of nitrogens with zero attached hydrogens (tertiary/aromatic N) is 4. The lowest BCUT2D eigenvalue weighted by Crippen LogP contribution is -2.35. The summed E-state index contributed by atoms with van der Waals surface area (Å²) in [6.07, 6.45) is 9.67. The van der Waals surface area contributed by atoms with Crippen molar-refractivity contribution >= 4 is 27.5 Å². The highest BCUT2D eigenvalue weighted by atomic mass is 32.1. The first-order valence-corrected chi connectivity index (χ1v) is 11.7. The third-order valence-corrected chi connectivity index (χ3v) is 6.68. The number of carbonyl (C=O) groups is 1. The smallest absolute Gasteiger partial charge is 0.270 e. The van der Waals surface area contributed by atoms with Gasteiger partial charge in [0.1, 0.15) is 5.69 Å². The third kappa shape index (κ3) is 4.56. The Labute approximate surface area is 190 Å². The van der Waals surface area contributed by atoms with Gasteiger partial charge in [-0.25, -0.2) is 4.98 Å². The normalized spacial score (nSPS) is 16.3. The van der Waals surface area contributed by atoms with E-state index >= 15 is 0 Å². The average molecular weight is 448 g/mol. The van der Waals surface area contributed by atoms with E-state index in [1.165, 1.54) is 0 Å². The highest BCUT2D eigenvalue weighted by molar-refractivity contribution is 7.17. The van der Waals surface area contributed by atoms with Crippen LogP contribution < -0.4 is 5.32 Å². The van der Waals surface area contributed by atoms with Gasteiger partial charge in [-0.15, -0.1) is 11.3 Å². The maximum absolute atomic E-state index is 12.8. The molecule has 4 aromatic rings. The molecule has 8 heteroatoms. The van der Waals surface area contributed by atoms with Gasteiger partial charge in [0.2, 0.25) is 0 Å². The third-order valence-electron chi connectivity index (χ3n) is 5.70. The molecule has 5 heterocycles. The van der Waals surface area contributed by atoms with E-state index in [2.05, 4.69) is 26.4 Å². The van der Waals surface area contributed by atoms with Gasteiger partial charge < -0.3 is 10.1 Å². The van der Waals surface area contributed by atoms with Gasteiger partial charge >= 0.3 is 0 Å². The van der Waals surface area contributed by atoms with Gasteiger partial charge in [0.05, 0.1) is 28.2 Å². The largest absolute Gasteiger partial charge is 0.376 e. The second kappa shape index (κ2) is 9.18. The van der Waals surface area contributed by atoms with Crippen molar-refractivity contribution in [2.24, 2.45) is 7.05 Å². The number of pyridine rings is 2. The Morgan fingerprint density at radius 1 is 1.28 bits per heavy atom. The Hall–Kier alpha value is -3.10. The number of aryl methyl sites for hydroxylation is 1. The van der Waals surface area contributed by atoms with Crippen molar-refractivity contribution in [2.45, 2.75) is 31.8 Å². The zero-order valence-electron chi connectivity index (χ0n) is 18.0. The van der Waals surface area contributed by atoms with Crippen LogP contribution in [-0.2, 0) is 18.2 Å². The molecule has 0 spiro atoms. The minimum absolute atomic E-state index is 0.0986. The number of amides is 1. The summed E-state index contributed by atoms with van der Waals surface area (Å²) in [6, 6.07) is 7.96. The van der Waals surface area contributed by atoms with Crippen molar-refractivity contribution in [1.29, 1.82) is 0 Å². The van der Waals surface area contributed by atoms with E-state index in [0.29, 0.717) is 18.7 Å².